The van der Waals surface area contributed by atoms with Crippen molar-refractivity contribution in [2.45, 2.75) is 6.23 Å². The summed E-state index contributed by atoms with van der Waals surface area (Å²) in [6.07, 6.45) is -0.701. The summed E-state index contributed by atoms with van der Waals surface area (Å²) in [6, 6.07) is 16.2. The molecule has 3 aromatic rings. The Balaban J connectivity index is 1.90. The predicted molar refractivity (Wildman–Crippen MR) is 102 cm³/mol. The first kappa shape index (κ1) is 16.9. The van der Waals surface area contributed by atoms with E-state index in [0.29, 0.717) is 17.1 Å². The Hall–Kier alpha value is -3.54. The largest absolute Gasteiger partial charge is 0.508 e. The van der Waals surface area contributed by atoms with Crippen LogP contribution in [0.4, 0.5) is 5.69 Å². The number of hydrogen-bond acceptors (Lipinski definition) is 6. The molecule has 3 aromatic carbocycles. The minimum absolute atomic E-state index is 0.0860. The molecule has 138 valence electrons. The van der Waals surface area contributed by atoms with Crippen LogP contribution in [0.3, 0.4) is 0 Å². The van der Waals surface area contributed by atoms with Gasteiger partial charge in [0.1, 0.15) is 17.2 Å². The molecule has 1 heterocycles. The van der Waals surface area contributed by atoms with Gasteiger partial charge in [0, 0.05) is 28.9 Å². The van der Waals surface area contributed by atoms with Crippen LogP contribution in [0.1, 0.15) is 11.8 Å². The van der Waals surface area contributed by atoms with E-state index in [1.54, 1.807) is 13.2 Å². The van der Waals surface area contributed by atoms with Crippen molar-refractivity contribution in [3.8, 4) is 39.9 Å². The Labute approximate surface area is 156 Å². The number of phenols is 2. The van der Waals surface area contributed by atoms with Crippen LogP contribution in [0.5, 0.6) is 28.7 Å². The molecule has 0 bridgehead atoms. The number of aromatic hydroxyl groups is 2. The maximum Gasteiger partial charge on any atom is 0.200 e. The molecule has 3 N–H and O–H groups in total. The summed E-state index contributed by atoms with van der Waals surface area (Å²) >= 11 is 0. The predicted octanol–water partition coefficient (Wildman–Crippen LogP) is 4.29. The summed E-state index contributed by atoms with van der Waals surface area (Å²) in [5, 5.41) is 23.5. The molecule has 1 unspecified atom stereocenters. The number of fused-ring (bicyclic) bond motifs is 3. The molecule has 1 aliphatic heterocycles. The van der Waals surface area contributed by atoms with E-state index in [1.165, 1.54) is 19.2 Å². The summed E-state index contributed by atoms with van der Waals surface area (Å²) in [5.41, 5.74) is 3.21. The minimum atomic E-state index is -0.701. The highest BCUT2D eigenvalue weighted by Crippen LogP contribution is 2.46. The monoisotopic (exact) mass is 365 g/mol. The van der Waals surface area contributed by atoms with Gasteiger partial charge in [-0.05, 0) is 24.3 Å². The molecule has 0 saturated heterocycles. The number of anilines is 1. The molecule has 0 fully saturated rings. The smallest absolute Gasteiger partial charge is 0.200 e. The zero-order chi connectivity index (χ0) is 19.0. The molecule has 0 aromatic heterocycles. The van der Waals surface area contributed by atoms with E-state index in [1.807, 2.05) is 36.4 Å². The van der Waals surface area contributed by atoms with Crippen molar-refractivity contribution in [3.05, 3.63) is 60.2 Å². The van der Waals surface area contributed by atoms with Crippen molar-refractivity contribution in [2.75, 3.05) is 19.5 Å². The Morgan fingerprint density at radius 1 is 0.926 bits per heavy atom. The second-order valence-electron chi connectivity index (χ2n) is 6.14. The number of phenolic OH excluding ortho intramolecular Hbond substituents is 2. The molecule has 0 spiro atoms. The van der Waals surface area contributed by atoms with E-state index >= 15 is 0 Å². The van der Waals surface area contributed by atoms with Gasteiger partial charge in [0.15, 0.2) is 17.7 Å². The first-order valence-corrected chi connectivity index (χ1v) is 8.41. The molecule has 0 radical (unpaired) electrons. The van der Waals surface area contributed by atoms with Crippen LogP contribution < -0.4 is 19.5 Å². The van der Waals surface area contributed by atoms with Gasteiger partial charge in [0.25, 0.3) is 0 Å². The van der Waals surface area contributed by atoms with Gasteiger partial charge < -0.3 is 29.7 Å². The van der Waals surface area contributed by atoms with E-state index in [9.17, 15) is 10.2 Å². The number of nitrogens with one attached hydrogen (secondary N) is 1. The molecule has 0 saturated carbocycles. The molecular formula is C21H19NO5. The van der Waals surface area contributed by atoms with Crippen molar-refractivity contribution in [1.29, 1.82) is 0 Å². The van der Waals surface area contributed by atoms with Gasteiger partial charge in [-0.2, -0.15) is 0 Å². The lowest BCUT2D eigenvalue weighted by Crippen LogP contribution is -2.17. The number of hydrogen-bond donors (Lipinski definition) is 3. The molecule has 27 heavy (non-hydrogen) atoms. The fraction of sp³-hybridized carbons (Fsp3) is 0.143. The second kappa shape index (κ2) is 6.64. The second-order valence-corrected chi connectivity index (χ2v) is 6.14. The molecule has 0 aliphatic carbocycles. The summed E-state index contributed by atoms with van der Waals surface area (Å²) in [5.74, 6) is 1.26. The van der Waals surface area contributed by atoms with E-state index in [2.05, 4.69) is 5.32 Å². The van der Waals surface area contributed by atoms with Gasteiger partial charge in [0.05, 0.1) is 19.8 Å². The fourth-order valence-electron chi connectivity index (χ4n) is 3.27. The zero-order valence-electron chi connectivity index (χ0n) is 14.9. The standard InChI is InChI=1S/C21H19NO5/c1-25-13-7-8-15-14-5-3-4-6-17(14)22-21(27-19(15)11-13)16-9-12(23)10-18(24)20(16)26-2/h3-11,21-24H,1-2H3. The summed E-state index contributed by atoms with van der Waals surface area (Å²) < 4.78 is 16.9. The van der Waals surface area contributed by atoms with E-state index in [0.717, 1.165) is 16.8 Å². The van der Waals surface area contributed by atoms with Crippen LogP contribution in [0.2, 0.25) is 0 Å². The van der Waals surface area contributed by atoms with E-state index in [-0.39, 0.29) is 17.2 Å². The normalized spacial score (nSPS) is 14.8. The van der Waals surface area contributed by atoms with Crippen LogP contribution in [-0.2, 0) is 0 Å². The molecule has 1 aliphatic rings. The highest BCUT2D eigenvalue weighted by atomic mass is 16.5. The number of benzene rings is 3. The van der Waals surface area contributed by atoms with E-state index in [4.69, 9.17) is 14.2 Å². The van der Waals surface area contributed by atoms with Crippen molar-refractivity contribution >= 4 is 5.69 Å². The molecule has 6 heteroatoms. The topological polar surface area (TPSA) is 80.2 Å². The maximum absolute atomic E-state index is 10.2. The van der Waals surface area contributed by atoms with Crippen molar-refractivity contribution in [1.82, 2.24) is 0 Å². The molecule has 4 rings (SSSR count). The van der Waals surface area contributed by atoms with Crippen LogP contribution in [-0.4, -0.2) is 24.4 Å². The first-order valence-electron chi connectivity index (χ1n) is 8.41. The maximum atomic E-state index is 10.2. The highest BCUT2D eigenvalue weighted by Gasteiger charge is 2.27. The third kappa shape index (κ3) is 2.95. The van der Waals surface area contributed by atoms with Gasteiger partial charge in [-0.1, -0.05) is 18.2 Å². The Kier molecular flexibility index (Phi) is 4.16. The van der Waals surface area contributed by atoms with Crippen LogP contribution >= 0.6 is 0 Å². The van der Waals surface area contributed by atoms with E-state index < -0.39 is 6.23 Å². The van der Waals surface area contributed by atoms with Crippen LogP contribution in [0.25, 0.3) is 11.1 Å². The van der Waals surface area contributed by atoms with Gasteiger partial charge in [-0.3, -0.25) is 0 Å². The van der Waals surface area contributed by atoms with Crippen molar-refractivity contribution < 1.29 is 24.4 Å². The number of methoxy groups -OCH3 is 2. The number of para-hydroxylation sites is 1. The minimum Gasteiger partial charge on any atom is -0.508 e. The first-order chi connectivity index (χ1) is 13.1. The van der Waals surface area contributed by atoms with Crippen molar-refractivity contribution in [2.24, 2.45) is 0 Å². The third-order valence-corrected chi connectivity index (χ3v) is 4.51. The van der Waals surface area contributed by atoms with Gasteiger partial charge in [-0.25, -0.2) is 0 Å². The zero-order valence-corrected chi connectivity index (χ0v) is 14.9. The average molecular weight is 365 g/mol. The van der Waals surface area contributed by atoms with Crippen molar-refractivity contribution in [3.63, 3.8) is 0 Å². The van der Waals surface area contributed by atoms with Gasteiger partial charge in [0.2, 0.25) is 0 Å². The Bertz CT molecular complexity index is 1000. The average Bonchev–Trinajstić information content (AvgIpc) is 2.83. The van der Waals surface area contributed by atoms with Gasteiger partial charge >= 0.3 is 0 Å². The number of ether oxygens (including phenoxy) is 3. The molecular weight excluding hydrogens is 346 g/mol. The van der Waals surface area contributed by atoms with Crippen LogP contribution in [0.15, 0.2) is 54.6 Å². The lowest BCUT2D eigenvalue weighted by molar-refractivity contribution is 0.228. The lowest BCUT2D eigenvalue weighted by atomic mass is 10.0. The summed E-state index contributed by atoms with van der Waals surface area (Å²) in [6.45, 7) is 0. The number of rotatable bonds is 3. The fourth-order valence-corrected chi connectivity index (χ4v) is 3.27. The lowest BCUT2D eigenvalue weighted by Gasteiger charge is -2.22. The SMILES string of the molecule is COc1ccc2c(c1)OC(c1cc(O)cc(O)c1OC)Nc1ccccc1-2. The Morgan fingerprint density at radius 2 is 1.74 bits per heavy atom. The summed E-state index contributed by atoms with van der Waals surface area (Å²) in [7, 11) is 3.05. The third-order valence-electron chi connectivity index (χ3n) is 4.51. The Morgan fingerprint density at radius 3 is 2.52 bits per heavy atom. The molecule has 6 nitrogen and oxygen atoms in total. The molecule has 0 amide bonds. The van der Waals surface area contributed by atoms with Gasteiger partial charge in [-0.15, -0.1) is 0 Å². The molecule has 1 atom stereocenters. The summed E-state index contributed by atoms with van der Waals surface area (Å²) in [4.78, 5) is 0. The highest BCUT2D eigenvalue weighted by molar-refractivity contribution is 5.83. The quantitative estimate of drug-likeness (QED) is 0.643. The van der Waals surface area contributed by atoms with Crippen LogP contribution in [0, 0.1) is 0 Å².